The smallest absolute Gasteiger partial charge is 0.124 e. The van der Waals surface area contributed by atoms with Gasteiger partial charge in [0, 0.05) is 18.0 Å². The summed E-state index contributed by atoms with van der Waals surface area (Å²) >= 11 is 0. The average molecular weight is 249 g/mol. The Morgan fingerprint density at radius 2 is 2.22 bits per heavy atom. The van der Waals surface area contributed by atoms with Gasteiger partial charge in [-0.1, -0.05) is 13.8 Å². The molecule has 2 rings (SSSR count). The monoisotopic (exact) mass is 249 g/mol. The van der Waals surface area contributed by atoms with E-state index in [2.05, 4.69) is 32.2 Å². The summed E-state index contributed by atoms with van der Waals surface area (Å²) < 4.78 is 11.6. The molecule has 0 fully saturated rings. The zero-order chi connectivity index (χ0) is 13.0. The van der Waals surface area contributed by atoms with Gasteiger partial charge < -0.3 is 14.8 Å². The Kier molecular flexibility index (Phi) is 4.48. The Morgan fingerprint density at radius 1 is 1.39 bits per heavy atom. The van der Waals surface area contributed by atoms with E-state index in [1.54, 1.807) is 0 Å². The van der Waals surface area contributed by atoms with Crippen molar-refractivity contribution in [3.63, 3.8) is 0 Å². The molecule has 1 aromatic rings. The number of hydrogen-bond acceptors (Lipinski definition) is 3. The molecule has 0 spiro atoms. The molecule has 1 aromatic carbocycles. The van der Waals surface area contributed by atoms with Crippen molar-refractivity contribution in [2.45, 2.75) is 45.8 Å². The molecular weight excluding hydrogens is 226 g/mol. The highest BCUT2D eigenvalue weighted by Gasteiger charge is 2.25. The molecule has 0 saturated heterocycles. The van der Waals surface area contributed by atoms with Gasteiger partial charge in [-0.25, -0.2) is 0 Å². The maximum atomic E-state index is 5.87. The van der Waals surface area contributed by atoms with Crippen molar-refractivity contribution in [3.8, 4) is 11.5 Å². The minimum absolute atomic E-state index is 0.268. The molecule has 3 heteroatoms. The van der Waals surface area contributed by atoms with E-state index < -0.39 is 0 Å². The van der Waals surface area contributed by atoms with Gasteiger partial charge in [0.2, 0.25) is 0 Å². The molecule has 0 amide bonds. The van der Waals surface area contributed by atoms with E-state index in [1.165, 1.54) is 5.56 Å². The van der Waals surface area contributed by atoms with Crippen LogP contribution in [0.1, 0.15) is 45.2 Å². The van der Waals surface area contributed by atoms with Crippen molar-refractivity contribution in [1.82, 2.24) is 5.32 Å². The van der Waals surface area contributed by atoms with E-state index in [0.717, 1.165) is 37.5 Å². The van der Waals surface area contributed by atoms with Crippen molar-refractivity contribution in [3.05, 3.63) is 23.8 Å². The lowest BCUT2D eigenvalue weighted by atomic mass is 9.97. The minimum Gasteiger partial charge on any atom is -0.494 e. The Hall–Kier alpha value is -1.22. The molecule has 100 valence electrons. The van der Waals surface area contributed by atoms with Crippen molar-refractivity contribution in [1.29, 1.82) is 0 Å². The second-order valence-corrected chi connectivity index (χ2v) is 4.82. The van der Waals surface area contributed by atoms with E-state index in [0.29, 0.717) is 6.04 Å². The zero-order valence-electron chi connectivity index (χ0n) is 11.5. The van der Waals surface area contributed by atoms with Crippen molar-refractivity contribution in [2.75, 3.05) is 13.2 Å². The van der Waals surface area contributed by atoms with Gasteiger partial charge in [0.05, 0.1) is 12.7 Å². The summed E-state index contributed by atoms with van der Waals surface area (Å²) in [6, 6.07) is 6.51. The van der Waals surface area contributed by atoms with Crippen LogP contribution in [0.5, 0.6) is 11.5 Å². The average Bonchev–Trinajstić information content (AvgIpc) is 2.37. The fourth-order valence-corrected chi connectivity index (χ4v) is 2.38. The summed E-state index contributed by atoms with van der Waals surface area (Å²) in [5, 5.41) is 3.52. The number of fused-ring (bicyclic) bond motifs is 1. The lowest BCUT2D eigenvalue weighted by molar-refractivity contribution is 0.166. The molecule has 1 heterocycles. The van der Waals surface area contributed by atoms with E-state index >= 15 is 0 Å². The van der Waals surface area contributed by atoms with Crippen LogP contribution in [0.3, 0.4) is 0 Å². The third-order valence-electron chi connectivity index (χ3n) is 3.18. The Morgan fingerprint density at radius 3 is 2.94 bits per heavy atom. The fraction of sp³-hybridized carbons (Fsp3) is 0.600. The first-order valence-electron chi connectivity index (χ1n) is 6.91. The highest BCUT2D eigenvalue weighted by Crippen LogP contribution is 2.37. The lowest BCUT2D eigenvalue weighted by Gasteiger charge is -2.31. The quantitative estimate of drug-likeness (QED) is 0.868. The van der Waals surface area contributed by atoms with E-state index in [-0.39, 0.29) is 6.10 Å². The van der Waals surface area contributed by atoms with E-state index in [4.69, 9.17) is 9.47 Å². The van der Waals surface area contributed by atoms with Crippen molar-refractivity contribution < 1.29 is 9.47 Å². The van der Waals surface area contributed by atoms with Gasteiger partial charge >= 0.3 is 0 Å². The van der Waals surface area contributed by atoms with Gasteiger partial charge in [0.15, 0.2) is 0 Å². The summed E-state index contributed by atoms with van der Waals surface area (Å²) in [6.45, 7) is 8.11. The summed E-state index contributed by atoms with van der Waals surface area (Å²) in [6.07, 6.45) is 2.31. The third-order valence-corrected chi connectivity index (χ3v) is 3.18. The maximum absolute atomic E-state index is 5.87. The molecule has 0 bridgehead atoms. The SMILES string of the molecule is CCCOc1ccc2c(c1)C(NCC)CC(C)O2. The van der Waals surface area contributed by atoms with Crippen LogP contribution in [0, 0.1) is 0 Å². The summed E-state index contributed by atoms with van der Waals surface area (Å²) in [7, 11) is 0. The van der Waals surface area contributed by atoms with Crippen LogP contribution in [0.15, 0.2) is 18.2 Å². The van der Waals surface area contributed by atoms with Gasteiger partial charge in [-0.05, 0) is 38.1 Å². The van der Waals surface area contributed by atoms with Crippen LogP contribution < -0.4 is 14.8 Å². The Bertz CT molecular complexity index is 392. The van der Waals surface area contributed by atoms with Crippen LogP contribution in [-0.2, 0) is 0 Å². The number of ether oxygens (including phenoxy) is 2. The summed E-state index contributed by atoms with van der Waals surface area (Å²) in [4.78, 5) is 0. The van der Waals surface area contributed by atoms with Crippen LogP contribution in [0.25, 0.3) is 0 Å². The Labute approximate surface area is 109 Å². The van der Waals surface area contributed by atoms with Crippen LogP contribution in [-0.4, -0.2) is 19.3 Å². The molecule has 0 aromatic heterocycles. The van der Waals surface area contributed by atoms with E-state index in [9.17, 15) is 0 Å². The largest absolute Gasteiger partial charge is 0.494 e. The molecule has 1 aliphatic heterocycles. The first-order chi connectivity index (χ1) is 8.74. The highest BCUT2D eigenvalue weighted by atomic mass is 16.5. The number of rotatable bonds is 5. The molecule has 1 aliphatic rings. The molecule has 2 atom stereocenters. The van der Waals surface area contributed by atoms with Crippen LogP contribution >= 0.6 is 0 Å². The predicted octanol–water partition coefficient (Wildman–Crippen LogP) is 3.30. The topological polar surface area (TPSA) is 30.5 Å². The van der Waals surface area contributed by atoms with Gasteiger partial charge in [0.25, 0.3) is 0 Å². The van der Waals surface area contributed by atoms with Gasteiger partial charge in [0.1, 0.15) is 11.5 Å². The predicted molar refractivity (Wildman–Crippen MR) is 73.4 cm³/mol. The normalized spacial score (nSPS) is 22.2. The van der Waals surface area contributed by atoms with Crippen LogP contribution in [0.2, 0.25) is 0 Å². The fourth-order valence-electron chi connectivity index (χ4n) is 2.38. The lowest BCUT2D eigenvalue weighted by Crippen LogP contribution is -2.31. The second kappa shape index (κ2) is 6.10. The first kappa shape index (κ1) is 13.2. The van der Waals surface area contributed by atoms with Crippen molar-refractivity contribution >= 4 is 0 Å². The second-order valence-electron chi connectivity index (χ2n) is 4.82. The standard InChI is InChI=1S/C15H23NO2/c1-4-8-17-12-6-7-15-13(10-12)14(16-5-2)9-11(3)18-15/h6-7,10-11,14,16H,4-5,8-9H2,1-3H3. The van der Waals surface area contributed by atoms with Crippen molar-refractivity contribution in [2.24, 2.45) is 0 Å². The zero-order valence-corrected chi connectivity index (χ0v) is 11.5. The minimum atomic E-state index is 0.268. The molecule has 18 heavy (non-hydrogen) atoms. The number of benzene rings is 1. The number of hydrogen-bond donors (Lipinski definition) is 1. The van der Waals surface area contributed by atoms with Gasteiger partial charge in [-0.3, -0.25) is 0 Å². The number of nitrogens with one attached hydrogen (secondary N) is 1. The molecule has 0 radical (unpaired) electrons. The van der Waals surface area contributed by atoms with E-state index in [1.807, 2.05) is 12.1 Å². The Balaban J connectivity index is 2.21. The first-order valence-corrected chi connectivity index (χ1v) is 6.91. The summed E-state index contributed by atoms with van der Waals surface area (Å²) in [5.41, 5.74) is 1.23. The van der Waals surface area contributed by atoms with Gasteiger partial charge in [-0.15, -0.1) is 0 Å². The molecule has 1 N–H and O–H groups in total. The van der Waals surface area contributed by atoms with Crippen LogP contribution in [0.4, 0.5) is 0 Å². The molecule has 0 aliphatic carbocycles. The van der Waals surface area contributed by atoms with Gasteiger partial charge in [-0.2, -0.15) is 0 Å². The summed E-state index contributed by atoms with van der Waals surface area (Å²) in [5.74, 6) is 1.93. The maximum Gasteiger partial charge on any atom is 0.124 e. The molecular formula is C15H23NO2. The third kappa shape index (κ3) is 2.96. The molecule has 2 unspecified atom stereocenters. The molecule has 3 nitrogen and oxygen atoms in total. The highest BCUT2D eigenvalue weighted by molar-refractivity contribution is 5.43. The molecule has 0 saturated carbocycles.